The number of hydrogen-bond acceptors (Lipinski definition) is 4. The molecular formula is C24H21FN4O3S. The summed E-state index contributed by atoms with van der Waals surface area (Å²) in [4.78, 5) is 17.1. The van der Waals surface area contributed by atoms with E-state index in [1.807, 2.05) is 30.5 Å². The van der Waals surface area contributed by atoms with E-state index in [4.69, 9.17) is 0 Å². The lowest BCUT2D eigenvalue weighted by Gasteiger charge is -2.14. The van der Waals surface area contributed by atoms with Crippen LogP contribution in [0.4, 0.5) is 15.8 Å². The molecule has 0 radical (unpaired) electrons. The molecule has 0 bridgehead atoms. The van der Waals surface area contributed by atoms with Crippen molar-refractivity contribution >= 4 is 27.3 Å². The molecule has 0 saturated carbocycles. The van der Waals surface area contributed by atoms with E-state index < -0.39 is 15.8 Å². The minimum absolute atomic E-state index is 0.0926. The molecule has 1 amide bonds. The van der Waals surface area contributed by atoms with Crippen LogP contribution >= 0.6 is 0 Å². The van der Waals surface area contributed by atoms with Crippen LogP contribution in [-0.4, -0.2) is 23.9 Å². The third-order valence-corrected chi connectivity index (χ3v) is 6.50. The van der Waals surface area contributed by atoms with E-state index in [-0.39, 0.29) is 16.5 Å². The Balaban J connectivity index is 1.61. The molecule has 2 aromatic heterocycles. The van der Waals surface area contributed by atoms with Crippen LogP contribution in [0.2, 0.25) is 0 Å². The highest BCUT2D eigenvalue weighted by Crippen LogP contribution is 2.27. The SMILES string of the molecule is Cc1cc(C(=O)Nc2ccccc2NS(=O)(=O)c2ccc(F)cc2)c(C)n1-c1cccnc1. The molecule has 2 aromatic carbocycles. The number of sulfonamides is 1. The Morgan fingerprint density at radius 1 is 0.970 bits per heavy atom. The fourth-order valence-electron chi connectivity index (χ4n) is 3.56. The van der Waals surface area contributed by atoms with E-state index >= 15 is 0 Å². The van der Waals surface area contributed by atoms with E-state index in [2.05, 4.69) is 15.0 Å². The predicted molar refractivity (Wildman–Crippen MR) is 125 cm³/mol. The van der Waals surface area contributed by atoms with Gasteiger partial charge in [-0.15, -0.1) is 0 Å². The highest BCUT2D eigenvalue weighted by molar-refractivity contribution is 7.92. The number of aromatic nitrogens is 2. The van der Waals surface area contributed by atoms with Gasteiger partial charge in [-0.2, -0.15) is 0 Å². The maximum atomic E-state index is 13.2. The summed E-state index contributed by atoms with van der Waals surface area (Å²) in [5.41, 5.74) is 3.35. The molecule has 0 unspecified atom stereocenters. The number of hydrogen-bond donors (Lipinski definition) is 2. The summed E-state index contributed by atoms with van der Waals surface area (Å²) in [5, 5.41) is 2.79. The van der Waals surface area contributed by atoms with E-state index in [0.29, 0.717) is 11.3 Å². The fraction of sp³-hybridized carbons (Fsp3) is 0.0833. The minimum Gasteiger partial charge on any atom is -0.320 e. The summed E-state index contributed by atoms with van der Waals surface area (Å²) in [7, 11) is -3.98. The quantitative estimate of drug-likeness (QED) is 0.433. The van der Waals surface area contributed by atoms with Crippen LogP contribution in [0.15, 0.2) is 84.0 Å². The Morgan fingerprint density at radius 2 is 1.67 bits per heavy atom. The standard InChI is InChI=1S/C24H21FN4O3S/c1-16-14-21(17(2)29(16)19-6-5-13-26-15-19)24(30)27-22-7-3-4-8-23(22)28-33(31,32)20-11-9-18(25)10-12-20/h3-15,28H,1-2H3,(H,27,30). The number of amides is 1. The van der Waals surface area contributed by atoms with Crippen molar-refractivity contribution in [2.75, 3.05) is 10.0 Å². The number of benzene rings is 2. The number of carbonyl (C=O) groups excluding carboxylic acids is 1. The Labute approximate surface area is 191 Å². The number of aryl methyl sites for hydroxylation is 1. The molecule has 0 aliphatic carbocycles. The van der Waals surface area contributed by atoms with E-state index in [9.17, 15) is 17.6 Å². The first-order chi connectivity index (χ1) is 15.8. The molecule has 4 aromatic rings. The van der Waals surface area contributed by atoms with E-state index in [0.717, 1.165) is 29.2 Å². The van der Waals surface area contributed by atoms with Crippen LogP contribution in [0.5, 0.6) is 0 Å². The minimum atomic E-state index is -3.98. The van der Waals surface area contributed by atoms with Gasteiger partial charge in [0.2, 0.25) is 0 Å². The average molecular weight is 465 g/mol. The number of nitrogens with one attached hydrogen (secondary N) is 2. The molecule has 0 fully saturated rings. The molecule has 0 aliphatic heterocycles. The summed E-state index contributed by atoms with van der Waals surface area (Å²) < 4.78 is 43.0. The van der Waals surface area contributed by atoms with Gasteiger partial charge in [-0.1, -0.05) is 12.1 Å². The van der Waals surface area contributed by atoms with Gasteiger partial charge in [-0.25, -0.2) is 12.8 Å². The summed E-state index contributed by atoms with van der Waals surface area (Å²) in [6, 6.07) is 16.4. The molecule has 4 rings (SSSR count). The van der Waals surface area contributed by atoms with Gasteiger partial charge < -0.3 is 9.88 Å². The van der Waals surface area contributed by atoms with Crippen molar-refractivity contribution in [3.05, 3.63) is 102 Å². The van der Waals surface area contributed by atoms with Crippen LogP contribution in [0, 0.1) is 19.7 Å². The molecule has 2 N–H and O–H groups in total. The van der Waals surface area contributed by atoms with Crippen LogP contribution in [0.3, 0.4) is 0 Å². The first-order valence-corrected chi connectivity index (χ1v) is 11.5. The van der Waals surface area contributed by atoms with Crippen molar-refractivity contribution in [2.45, 2.75) is 18.7 Å². The number of carbonyl (C=O) groups is 1. The van der Waals surface area contributed by atoms with Crippen LogP contribution in [0.25, 0.3) is 5.69 Å². The summed E-state index contributed by atoms with van der Waals surface area (Å²) in [6.45, 7) is 3.72. The van der Waals surface area contributed by atoms with Gasteiger partial charge >= 0.3 is 0 Å². The lowest BCUT2D eigenvalue weighted by atomic mass is 10.2. The number of halogens is 1. The van der Waals surface area contributed by atoms with Crippen molar-refractivity contribution in [1.82, 2.24) is 9.55 Å². The average Bonchev–Trinajstić information content (AvgIpc) is 3.10. The first kappa shape index (κ1) is 22.2. The normalized spacial score (nSPS) is 11.2. The second-order valence-electron chi connectivity index (χ2n) is 7.39. The van der Waals surface area contributed by atoms with Crippen molar-refractivity contribution in [3.63, 3.8) is 0 Å². The molecule has 9 heteroatoms. The van der Waals surface area contributed by atoms with E-state index in [1.165, 1.54) is 18.2 Å². The zero-order valence-electron chi connectivity index (χ0n) is 17.9. The highest BCUT2D eigenvalue weighted by Gasteiger charge is 2.20. The largest absolute Gasteiger partial charge is 0.320 e. The van der Waals surface area contributed by atoms with Crippen molar-refractivity contribution in [2.24, 2.45) is 0 Å². The zero-order valence-corrected chi connectivity index (χ0v) is 18.7. The van der Waals surface area contributed by atoms with Gasteiger partial charge in [-0.3, -0.25) is 14.5 Å². The third kappa shape index (κ3) is 4.63. The number of para-hydroxylation sites is 2. The molecule has 2 heterocycles. The van der Waals surface area contributed by atoms with Gasteiger partial charge in [0.05, 0.1) is 33.7 Å². The Kier molecular flexibility index (Phi) is 5.97. The van der Waals surface area contributed by atoms with E-state index in [1.54, 1.807) is 36.7 Å². The van der Waals surface area contributed by atoms with Crippen LogP contribution in [0.1, 0.15) is 21.7 Å². The molecule has 0 spiro atoms. The molecule has 0 atom stereocenters. The Hall–Kier alpha value is -3.98. The number of pyridine rings is 1. The Bertz CT molecular complexity index is 1420. The molecule has 168 valence electrons. The monoisotopic (exact) mass is 464 g/mol. The summed E-state index contributed by atoms with van der Waals surface area (Å²) in [5.74, 6) is -0.919. The number of anilines is 2. The first-order valence-electron chi connectivity index (χ1n) is 10.0. The van der Waals surface area contributed by atoms with Gasteiger partial charge in [0.15, 0.2) is 0 Å². The highest BCUT2D eigenvalue weighted by atomic mass is 32.2. The lowest BCUT2D eigenvalue weighted by molar-refractivity contribution is 0.102. The smallest absolute Gasteiger partial charge is 0.261 e. The number of nitrogens with zero attached hydrogens (tertiary/aromatic N) is 2. The van der Waals surface area contributed by atoms with Gasteiger partial charge in [0.25, 0.3) is 15.9 Å². The lowest BCUT2D eigenvalue weighted by Crippen LogP contribution is -2.17. The Morgan fingerprint density at radius 3 is 2.33 bits per heavy atom. The maximum absolute atomic E-state index is 13.2. The molecular weight excluding hydrogens is 443 g/mol. The fourth-order valence-corrected chi connectivity index (χ4v) is 4.64. The van der Waals surface area contributed by atoms with Crippen molar-refractivity contribution in [1.29, 1.82) is 0 Å². The number of rotatable bonds is 6. The summed E-state index contributed by atoms with van der Waals surface area (Å²) >= 11 is 0. The van der Waals surface area contributed by atoms with Crippen LogP contribution in [-0.2, 0) is 10.0 Å². The molecule has 0 saturated heterocycles. The topological polar surface area (TPSA) is 93.1 Å². The zero-order chi connectivity index (χ0) is 23.6. The van der Waals surface area contributed by atoms with Crippen LogP contribution < -0.4 is 10.0 Å². The van der Waals surface area contributed by atoms with Crippen molar-refractivity contribution in [3.8, 4) is 5.69 Å². The maximum Gasteiger partial charge on any atom is 0.261 e. The van der Waals surface area contributed by atoms with Gasteiger partial charge in [0.1, 0.15) is 5.82 Å². The second-order valence-corrected chi connectivity index (χ2v) is 9.07. The predicted octanol–water partition coefficient (Wildman–Crippen LogP) is 4.68. The van der Waals surface area contributed by atoms with Gasteiger partial charge in [-0.05, 0) is 68.4 Å². The molecule has 33 heavy (non-hydrogen) atoms. The molecule has 0 aliphatic rings. The third-order valence-electron chi connectivity index (χ3n) is 5.12. The summed E-state index contributed by atoms with van der Waals surface area (Å²) in [6.07, 6.45) is 3.39. The van der Waals surface area contributed by atoms with Gasteiger partial charge in [0, 0.05) is 17.6 Å². The van der Waals surface area contributed by atoms with Crippen molar-refractivity contribution < 1.29 is 17.6 Å². The molecule has 7 nitrogen and oxygen atoms in total. The second kappa shape index (κ2) is 8.87.